The van der Waals surface area contributed by atoms with E-state index in [9.17, 15) is 9.90 Å². The first-order valence-electron chi connectivity index (χ1n) is 9.37. The van der Waals surface area contributed by atoms with E-state index in [1.807, 2.05) is 17.0 Å². The quantitative estimate of drug-likeness (QED) is 0.905. The molecule has 3 fully saturated rings. The van der Waals surface area contributed by atoms with E-state index in [1.54, 1.807) is 6.20 Å². The Kier molecular flexibility index (Phi) is 4.21. The zero-order valence-corrected chi connectivity index (χ0v) is 14.3. The summed E-state index contributed by atoms with van der Waals surface area (Å²) in [4.78, 5) is 21.7. The average molecular weight is 329 g/mol. The van der Waals surface area contributed by atoms with Gasteiger partial charge in [0.2, 0.25) is 0 Å². The van der Waals surface area contributed by atoms with Crippen LogP contribution in [0.4, 0.5) is 5.82 Å². The summed E-state index contributed by atoms with van der Waals surface area (Å²) in [6, 6.07) is 3.77. The van der Waals surface area contributed by atoms with E-state index < -0.39 is 0 Å². The topological polar surface area (TPSA) is 56.7 Å². The second kappa shape index (κ2) is 6.36. The summed E-state index contributed by atoms with van der Waals surface area (Å²) < 4.78 is 0. The number of aromatic nitrogens is 1. The van der Waals surface area contributed by atoms with Crippen molar-refractivity contribution in [2.45, 2.75) is 51.0 Å². The van der Waals surface area contributed by atoms with Crippen molar-refractivity contribution in [2.75, 3.05) is 31.1 Å². The summed E-state index contributed by atoms with van der Waals surface area (Å²) in [6.45, 7) is 3.46. The predicted molar refractivity (Wildman–Crippen MR) is 93.1 cm³/mol. The number of nitrogens with zero attached hydrogens (tertiary/aromatic N) is 3. The molecule has 1 N–H and O–H groups in total. The van der Waals surface area contributed by atoms with E-state index in [0.29, 0.717) is 0 Å². The number of piperidine rings is 1. The third-order valence-electron chi connectivity index (χ3n) is 6.18. The molecule has 1 aromatic heterocycles. The first kappa shape index (κ1) is 15.9. The molecule has 1 amide bonds. The SMILES string of the molecule is O=C(c1cccnc1N1CCC[C@@]2(CCC[C@H]2O)C1)N1CCCC1. The zero-order chi connectivity index (χ0) is 16.6. The molecule has 0 bridgehead atoms. The summed E-state index contributed by atoms with van der Waals surface area (Å²) in [5.74, 6) is 0.926. The molecular formula is C19H27N3O2. The fraction of sp³-hybridized carbons (Fsp3) is 0.684. The molecule has 1 aliphatic carbocycles. The molecule has 2 atom stereocenters. The molecule has 0 aromatic carbocycles. The van der Waals surface area contributed by atoms with Crippen LogP contribution in [0.5, 0.6) is 0 Å². The van der Waals surface area contributed by atoms with Crippen LogP contribution in [0.2, 0.25) is 0 Å². The van der Waals surface area contributed by atoms with Crippen LogP contribution in [0.15, 0.2) is 18.3 Å². The molecule has 3 heterocycles. The molecule has 5 heteroatoms. The summed E-state index contributed by atoms with van der Waals surface area (Å²) in [6.07, 6.45) is 9.03. The minimum atomic E-state index is -0.207. The van der Waals surface area contributed by atoms with E-state index in [1.165, 1.54) is 0 Å². The molecule has 1 spiro atoms. The van der Waals surface area contributed by atoms with Gasteiger partial charge in [-0.2, -0.15) is 0 Å². The van der Waals surface area contributed by atoms with Gasteiger partial charge in [-0.25, -0.2) is 4.98 Å². The lowest BCUT2D eigenvalue weighted by atomic mass is 9.76. The minimum absolute atomic E-state index is 0.00370. The fourth-order valence-electron chi connectivity index (χ4n) is 4.84. The Balaban J connectivity index is 1.61. The van der Waals surface area contributed by atoms with Gasteiger partial charge in [0.15, 0.2) is 0 Å². The average Bonchev–Trinajstić information content (AvgIpc) is 3.26. The highest BCUT2D eigenvalue weighted by atomic mass is 16.3. The highest BCUT2D eigenvalue weighted by Crippen LogP contribution is 2.46. The predicted octanol–water partition coefficient (Wildman–Crippen LogP) is 2.45. The Morgan fingerprint density at radius 3 is 2.71 bits per heavy atom. The molecule has 0 radical (unpaired) electrons. The Hall–Kier alpha value is -1.62. The molecule has 2 aliphatic heterocycles. The van der Waals surface area contributed by atoms with Crippen LogP contribution in [0, 0.1) is 5.41 Å². The number of rotatable bonds is 2. The summed E-state index contributed by atoms with van der Waals surface area (Å²) in [5.41, 5.74) is 0.730. The minimum Gasteiger partial charge on any atom is -0.392 e. The number of hydrogen-bond donors (Lipinski definition) is 1. The number of likely N-dealkylation sites (tertiary alicyclic amines) is 1. The summed E-state index contributed by atoms with van der Waals surface area (Å²) >= 11 is 0. The van der Waals surface area contributed by atoms with Crippen molar-refractivity contribution < 1.29 is 9.90 Å². The van der Waals surface area contributed by atoms with Gasteiger partial charge in [-0.1, -0.05) is 6.42 Å². The first-order valence-corrected chi connectivity index (χ1v) is 9.37. The maximum absolute atomic E-state index is 12.9. The largest absolute Gasteiger partial charge is 0.392 e. The van der Waals surface area contributed by atoms with Crippen molar-refractivity contribution in [1.82, 2.24) is 9.88 Å². The number of anilines is 1. The van der Waals surface area contributed by atoms with Crippen molar-refractivity contribution in [2.24, 2.45) is 5.41 Å². The Bertz CT molecular complexity index is 614. The number of aliphatic hydroxyl groups excluding tert-OH is 1. The number of carbonyl (C=O) groups excluding carboxylic acids is 1. The normalized spacial score (nSPS) is 30.3. The molecule has 4 rings (SSSR count). The lowest BCUT2D eigenvalue weighted by molar-refractivity contribution is 0.0407. The van der Waals surface area contributed by atoms with Crippen LogP contribution < -0.4 is 4.90 Å². The molecule has 24 heavy (non-hydrogen) atoms. The molecule has 5 nitrogen and oxygen atoms in total. The van der Waals surface area contributed by atoms with Crippen LogP contribution in [0.3, 0.4) is 0 Å². The Morgan fingerprint density at radius 1 is 1.17 bits per heavy atom. The Labute approximate surface area is 143 Å². The van der Waals surface area contributed by atoms with Crippen LogP contribution in [0.1, 0.15) is 55.3 Å². The molecule has 1 saturated carbocycles. The van der Waals surface area contributed by atoms with Gasteiger partial charge in [0, 0.05) is 37.8 Å². The van der Waals surface area contributed by atoms with E-state index in [0.717, 1.165) is 82.5 Å². The second-order valence-electron chi connectivity index (χ2n) is 7.67. The first-order chi connectivity index (χ1) is 11.7. The van der Waals surface area contributed by atoms with Crippen LogP contribution in [0.25, 0.3) is 0 Å². The summed E-state index contributed by atoms with van der Waals surface area (Å²) in [7, 11) is 0. The van der Waals surface area contributed by atoms with E-state index in [4.69, 9.17) is 0 Å². The van der Waals surface area contributed by atoms with Gasteiger partial charge in [0.1, 0.15) is 5.82 Å². The number of amides is 1. The highest BCUT2D eigenvalue weighted by Gasteiger charge is 2.45. The number of carbonyl (C=O) groups is 1. The molecular weight excluding hydrogens is 302 g/mol. The number of hydrogen-bond acceptors (Lipinski definition) is 4. The molecule has 0 unspecified atom stereocenters. The molecule has 130 valence electrons. The molecule has 3 aliphatic rings. The van der Waals surface area contributed by atoms with Crippen LogP contribution in [-0.2, 0) is 0 Å². The highest BCUT2D eigenvalue weighted by molar-refractivity contribution is 5.99. The van der Waals surface area contributed by atoms with Gasteiger partial charge in [-0.3, -0.25) is 4.79 Å². The van der Waals surface area contributed by atoms with Gasteiger partial charge in [0.05, 0.1) is 11.7 Å². The summed E-state index contributed by atoms with van der Waals surface area (Å²) in [5, 5.41) is 10.5. The van der Waals surface area contributed by atoms with Crippen molar-refractivity contribution in [1.29, 1.82) is 0 Å². The van der Waals surface area contributed by atoms with Gasteiger partial charge in [0.25, 0.3) is 5.91 Å². The van der Waals surface area contributed by atoms with Gasteiger partial charge in [-0.15, -0.1) is 0 Å². The van der Waals surface area contributed by atoms with E-state index in [2.05, 4.69) is 9.88 Å². The van der Waals surface area contributed by atoms with Crippen LogP contribution >= 0.6 is 0 Å². The van der Waals surface area contributed by atoms with Gasteiger partial charge >= 0.3 is 0 Å². The third kappa shape index (κ3) is 2.69. The van der Waals surface area contributed by atoms with Crippen LogP contribution in [-0.4, -0.2) is 53.2 Å². The standard InChI is InChI=1S/C19H27N3O2/c23-16-7-3-8-19(16)9-5-13-22(14-19)17-15(6-4-10-20-17)18(24)21-11-1-2-12-21/h4,6,10,16,23H,1-3,5,7-9,11-14H2/t16-,19+/m1/s1. The van der Waals surface area contributed by atoms with Crippen molar-refractivity contribution in [3.8, 4) is 0 Å². The molecule has 2 saturated heterocycles. The fourth-order valence-corrected chi connectivity index (χ4v) is 4.84. The van der Waals surface area contributed by atoms with Crippen molar-refractivity contribution in [3.05, 3.63) is 23.9 Å². The van der Waals surface area contributed by atoms with E-state index in [-0.39, 0.29) is 17.4 Å². The van der Waals surface area contributed by atoms with Gasteiger partial charge in [-0.05, 0) is 50.7 Å². The van der Waals surface area contributed by atoms with Crippen molar-refractivity contribution in [3.63, 3.8) is 0 Å². The monoisotopic (exact) mass is 329 g/mol. The number of aliphatic hydroxyl groups is 1. The van der Waals surface area contributed by atoms with Crippen molar-refractivity contribution >= 4 is 11.7 Å². The lowest BCUT2D eigenvalue weighted by Crippen LogP contribution is -2.48. The lowest BCUT2D eigenvalue weighted by Gasteiger charge is -2.43. The number of pyridine rings is 1. The molecule has 1 aromatic rings. The maximum Gasteiger partial charge on any atom is 0.257 e. The van der Waals surface area contributed by atoms with Gasteiger partial charge < -0.3 is 14.9 Å². The Morgan fingerprint density at radius 2 is 1.96 bits per heavy atom. The maximum atomic E-state index is 12.9. The zero-order valence-electron chi connectivity index (χ0n) is 14.3. The van der Waals surface area contributed by atoms with E-state index >= 15 is 0 Å². The smallest absolute Gasteiger partial charge is 0.257 e. The second-order valence-corrected chi connectivity index (χ2v) is 7.67. The third-order valence-corrected chi connectivity index (χ3v) is 6.18.